The van der Waals surface area contributed by atoms with Crippen LogP contribution in [0.25, 0.3) is 0 Å². The van der Waals surface area contributed by atoms with Crippen LogP contribution >= 0.6 is 0 Å². The van der Waals surface area contributed by atoms with Crippen LogP contribution < -0.4 is 0 Å². The van der Waals surface area contributed by atoms with Crippen molar-refractivity contribution in [3.05, 3.63) is 23.8 Å². The van der Waals surface area contributed by atoms with Gasteiger partial charge in [0.15, 0.2) is 30.6 Å². The number of allylic oxidation sites excluding steroid dienone is 4. The number of aliphatic hydroxyl groups is 2. The standard InChI is InChI=1S/C57H97NO10/c1-6-9-11-16-25-38-64-52(65-39-26-17-12-10-7-2)29-20-14-13-15-21-34-58(36-23-24-37-59)35-22-18-19-28-51(63)66-43-49(62)57-50(67-53(68-57)27-8-3)41-47-46-31-30-44-40-45(60)32-33-55(44,4)54(46)48(61)42-56(47,57)5/h32-33,40,46-48,50,52-54,59,61H,6-31,34-39,41-43H2,1-5H3. The van der Waals surface area contributed by atoms with Gasteiger partial charge >= 0.3 is 5.97 Å². The van der Waals surface area contributed by atoms with Gasteiger partial charge in [0.2, 0.25) is 5.78 Å². The highest BCUT2D eigenvalue weighted by Gasteiger charge is 2.76. The van der Waals surface area contributed by atoms with Crippen molar-refractivity contribution in [3.63, 3.8) is 0 Å². The van der Waals surface area contributed by atoms with Crippen LogP contribution in [0.3, 0.4) is 0 Å². The van der Waals surface area contributed by atoms with E-state index in [2.05, 4.69) is 39.5 Å². The van der Waals surface area contributed by atoms with Crippen molar-refractivity contribution in [2.75, 3.05) is 46.1 Å². The average Bonchev–Trinajstić information content (AvgIpc) is 3.81. The molecule has 4 fully saturated rings. The molecule has 0 aromatic rings. The molecule has 2 N–H and O–H groups in total. The molecule has 0 radical (unpaired) electrons. The molecule has 0 bridgehead atoms. The summed E-state index contributed by atoms with van der Waals surface area (Å²) in [6, 6.07) is 0. The molecule has 9 unspecified atom stereocenters. The molecule has 5 aliphatic rings. The second-order valence-corrected chi connectivity index (χ2v) is 21.9. The zero-order valence-electron chi connectivity index (χ0n) is 43.6. The van der Waals surface area contributed by atoms with Gasteiger partial charge in [-0.05, 0) is 134 Å². The first-order valence-electron chi connectivity index (χ1n) is 28.2. The number of nitrogens with zero attached hydrogens (tertiary/aromatic N) is 1. The molecule has 1 aliphatic heterocycles. The Morgan fingerprint density at radius 3 is 2.09 bits per heavy atom. The first-order valence-corrected chi connectivity index (χ1v) is 28.2. The third kappa shape index (κ3) is 15.3. The van der Waals surface area contributed by atoms with Crippen molar-refractivity contribution >= 4 is 17.5 Å². The number of Topliss-reactive ketones (excluding diaryl/α,β-unsaturated/α-hetero) is 1. The Morgan fingerprint density at radius 2 is 1.43 bits per heavy atom. The quantitative estimate of drug-likeness (QED) is 0.0349. The molecule has 4 aliphatic carbocycles. The number of carbonyl (C=O) groups is 3. The van der Waals surface area contributed by atoms with Crippen molar-refractivity contribution < 1.29 is 48.3 Å². The average molecular weight is 956 g/mol. The monoisotopic (exact) mass is 956 g/mol. The van der Waals surface area contributed by atoms with E-state index < -0.39 is 34.9 Å². The Kier molecular flexibility index (Phi) is 24.7. The summed E-state index contributed by atoms with van der Waals surface area (Å²) in [5, 5.41) is 21.5. The van der Waals surface area contributed by atoms with E-state index in [4.69, 9.17) is 23.7 Å². The third-order valence-corrected chi connectivity index (χ3v) is 16.8. The first-order chi connectivity index (χ1) is 33.0. The largest absolute Gasteiger partial charge is 0.458 e. The van der Waals surface area contributed by atoms with E-state index in [1.165, 1.54) is 70.6 Å². The fraction of sp³-hybridized carbons (Fsp3) is 0.877. The maximum absolute atomic E-state index is 14.6. The van der Waals surface area contributed by atoms with Crippen LogP contribution in [0.5, 0.6) is 0 Å². The van der Waals surface area contributed by atoms with E-state index in [0.29, 0.717) is 25.7 Å². The molecule has 390 valence electrons. The maximum Gasteiger partial charge on any atom is 0.306 e. The number of hydrogen-bond donors (Lipinski definition) is 2. The smallest absolute Gasteiger partial charge is 0.306 e. The van der Waals surface area contributed by atoms with Crippen LogP contribution in [0.1, 0.15) is 214 Å². The molecule has 0 aromatic heterocycles. The number of fused-ring (bicyclic) bond motifs is 7. The molecule has 9 atom stereocenters. The van der Waals surface area contributed by atoms with E-state index >= 15 is 0 Å². The van der Waals surface area contributed by atoms with Gasteiger partial charge in [-0.3, -0.25) is 14.4 Å². The summed E-state index contributed by atoms with van der Waals surface area (Å²) in [5.74, 6) is -0.490. The molecule has 11 nitrogen and oxygen atoms in total. The summed E-state index contributed by atoms with van der Waals surface area (Å²) < 4.78 is 31.5. The SMILES string of the molecule is CCCCCCCOC(CCCCCCCN(CCCCO)CCCCCC(=O)OCC(=O)C12OC(CCC)OC1CC1C3CCC4=CC(=O)C=CC4(C)C3C(O)CC12C)OCCCCCCC. The topological polar surface area (TPSA) is 141 Å². The number of ketones is 2. The van der Waals surface area contributed by atoms with Crippen LogP contribution in [0.4, 0.5) is 0 Å². The number of carbonyl (C=O) groups excluding carboxylic acids is 3. The highest BCUT2D eigenvalue weighted by atomic mass is 16.7. The zero-order chi connectivity index (χ0) is 48.8. The molecule has 5 rings (SSSR count). The second kappa shape index (κ2) is 29.5. The summed E-state index contributed by atoms with van der Waals surface area (Å²) in [4.78, 5) is 42.6. The van der Waals surface area contributed by atoms with Crippen molar-refractivity contribution in [2.24, 2.45) is 28.6 Å². The minimum absolute atomic E-state index is 0.00706. The molecular weight excluding hydrogens is 859 g/mol. The summed E-state index contributed by atoms with van der Waals surface area (Å²) in [5.41, 5.74) is -1.32. The molecule has 0 spiro atoms. The van der Waals surface area contributed by atoms with Crippen molar-refractivity contribution in [3.8, 4) is 0 Å². The van der Waals surface area contributed by atoms with E-state index in [1.54, 1.807) is 12.2 Å². The van der Waals surface area contributed by atoms with E-state index in [1.807, 2.05) is 6.08 Å². The van der Waals surface area contributed by atoms with Gasteiger partial charge in [0, 0.05) is 43.0 Å². The van der Waals surface area contributed by atoms with Gasteiger partial charge in [-0.15, -0.1) is 0 Å². The Balaban J connectivity index is 1.02. The number of rotatable bonds is 37. The summed E-state index contributed by atoms with van der Waals surface area (Å²) in [6.45, 7) is 15.3. The minimum atomic E-state index is -1.30. The maximum atomic E-state index is 14.6. The van der Waals surface area contributed by atoms with Gasteiger partial charge < -0.3 is 38.8 Å². The van der Waals surface area contributed by atoms with Gasteiger partial charge in [0.25, 0.3) is 0 Å². The van der Waals surface area contributed by atoms with Crippen molar-refractivity contribution in [1.29, 1.82) is 0 Å². The number of esters is 1. The fourth-order valence-corrected chi connectivity index (χ4v) is 13.1. The van der Waals surface area contributed by atoms with Gasteiger partial charge in [0.05, 0.1) is 12.2 Å². The summed E-state index contributed by atoms with van der Waals surface area (Å²) in [6.07, 6.45) is 31.7. The molecular formula is C57H97NO10. The fourth-order valence-electron chi connectivity index (χ4n) is 13.1. The molecule has 0 amide bonds. The number of hydrogen-bond acceptors (Lipinski definition) is 11. The van der Waals surface area contributed by atoms with Crippen molar-refractivity contribution in [1.82, 2.24) is 4.90 Å². The van der Waals surface area contributed by atoms with Gasteiger partial charge in [-0.1, -0.05) is 130 Å². The molecule has 1 heterocycles. The molecule has 3 saturated carbocycles. The zero-order valence-corrected chi connectivity index (χ0v) is 43.6. The van der Waals surface area contributed by atoms with E-state index in [-0.39, 0.29) is 61.2 Å². The normalized spacial score (nSPS) is 29.5. The van der Waals surface area contributed by atoms with Crippen LogP contribution in [0, 0.1) is 28.6 Å². The third-order valence-electron chi connectivity index (χ3n) is 16.8. The molecule has 11 heteroatoms. The van der Waals surface area contributed by atoms with E-state index in [0.717, 1.165) is 115 Å². The number of aliphatic hydroxyl groups excluding tert-OH is 2. The molecule has 1 saturated heterocycles. The number of unbranched alkanes of at least 4 members (excludes halogenated alkanes) is 15. The number of ether oxygens (including phenoxy) is 5. The summed E-state index contributed by atoms with van der Waals surface area (Å²) in [7, 11) is 0. The minimum Gasteiger partial charge on any atom is -0.458 e. The highest BCUT2D eigenvalue weighted by Crippen LogP contribution is 2.69. The predicted octanol–water partition coefficient (Wildman–Crippen LogP) is 11.5. The second-order valence-electron chi connectivity index (χ2n) is 21.9. The highest BCUT2D eigenvalue weighted by molar-refractivity contribution is 6.01. The predicted molar refractivity (Wildman–Crippen MR) is 269 cm³/mol. The van der Waals surface area contributed by atoms with Crippen LogP contribution in [-0.4, -0.2) is 109 Å². The van der Waals surface area contributed by atoms with Crippen molar-refractivity contribution in [2.45, 2.75) is 245 Å². The Morgan fingerprint density at radius 1 is 0.809 bits per heavy atom. The van der Waals surface area contributed by atoms with E-state index in [9.17, 15) is 24.6 Å². The Hall–Kier alpha value is -1.99. The Bertz CT molecular complexity index is 1550. The van der Waals surface area contributed by atoms with Gasteiger partial charge in [-0.2, -0.15) is 0 Å². The summed E-state index contributed by atoms with van der Waals surface area (Å²) >= 11 is 0. The van der Waals surface area contributed by atoms with Gasteiger partial charge in [-0.25, -0.2) is 0 Å². The Labute approximate surface area is 412 Å². The van der Waals surface area contributed by atoms with Crippen LogP contribution in [-0.2, 0) is 38.1 Å². The lowest BCUT2D eigenvalue weighted by Gasteiger charge is -2.59. The lowest BCUT2D eigenvalue weighted by Crippen LogP contribution is -2.63. The molecule has 68 heavy (non-hydrogen) atoms. The van der Waals surface area contributed by atoms with Gasteiger partial charge in [0.1, 0.15) is 0 Å². The lowest BCUT2D eigenvalue weighted by molar-refractivity contribution is -0.201. The first kappa shape index (κ1) is 56.9. The lowest BCUT2D eigenvalue weighted by atomic mass is 9.46. The van der Waals surface area contributed by atoms with Crippen LogP contribution in [0.2, 0.25) is 0 Å². The van der Waals surface area contributed by atoms with Crippen LogP contribution in [0.15, 0.2) is 23.8 Å². The molecule has 0 aromatic carbocycles.